The summed E-state index contributed by atoms with van der Waals surface area (Å²) in [6.45, 7) is 0.505. The molecule has 1 unspecified atom stereocenters. The van der Waals surface area contributed by atoms with Crippen LogP contribution in [0.2, 0.25) is 0 Å². The Kier molecular flexibility index (Phi) is 3.07. The Balaban J connectivity index is 2.22. The van der Waals surface area contributed by atoms with Crippen molar-refractivity contribution in [3.63, 3.8) is 0 Å². The quantitative estimate of drug-likeness (QED) is 0.919. The monoisotopic (exact) mass is 312 g/mol. The minimum absolute atomic E-state index is 0.146. The molecule has 106 valence electrons. The third kappa shape index (κ3) is 2.21. The fourth-order valence-electron chi connectivity index (χ4n) is 2.40. The number of carbonyl (C=O) groups is 1. The lowest BCUT2D eigenvalue weighted by molar-refractivity contribution is 0.0702. The Morgan fingerprint density at radius 1 is 1.40 bits per heavy atom. The van der Waals surface area contributed by atoms with E-state index in [-0.39, 0.29) is 11.5 Å². The molecule has 1 aromatic carbocycles. The summed E-state index contributed by atoms with van der Waals surface area (Å²) in [5, 5.41) is 9.11. The zero-order chi connectivity index (χ0) is 14.5. The van der Waals surface area contributed by atoms with Gasteiger partial charge in [0.05, 0.1) is 13.2 Å². The molecule has 1 atom stereocenters. The minimum atomic E-state index is -3.26. The molecule has 0 saturated carbocycles. The van der Waals surface area contributed by atoms with E-state index < -0.39 is 21.1 Å². The van der Waals surface area contributed by atoms with Crippen LogP contribution >= 0.6 is 11.3 Å². The molecule has 1 aliphatic rings. The number of rotatable bonds is 2. The lowest BCUT2D eigenvalue weighted by Gasteiger charge is -2.24. The number of aromatic carboxylic acids is 1. The van der Waals surface area contributed by atoms with Gasteiger partial charge >= 0.3 is 5.97 Å². The van der Waals surface area contributed by atoms with Crippen LogP contribution in [0.4, 0.5) is 0 Å². The summed E-state index contributed by atoms with van der Waals surface area (Å²) in [7, 11) is -3.26. The Hall–Kier alpha value is -1.44. The molecule has 0 aliphatic carbocycles. The molecule has 0 bridgehead atoms. The van der Waals surface area contributed by atoms with Crippen molar-refractivity contribution in [2.24, 2.45) is 0 Å². The maximum absolute atomic E-state index is 11.8. The van der Waals surface area contributed by atoms with Gasteiger partial charge in [0.25, 0.3) is 0 Å². The van der Waals surface area contributed by atoms with Crippen LogP contribution in [0.25, 0.3) is 10.1 Å². The highest BCUT2D eigenvalue weighted by molar-refractivity contribution is 7.91. The van der Waals surface area contributed by atoms with Crippen LogP contribution < -0.4 is 0 Å². The molecule has 5 nitrogen and oxygen atoms in total. The fourth-order valence-corrected chi connectivity index (χ4v) is 4.37. The Morgan fingerprint density at radius 2 is 2.15 bits per heavy atom. The highest BCUT2D eigenvalue weighted by Gasteiger charge is 2.29. The predicted molar refractivity (Wildman–Crippen MR) is 76.0 cm³/mol. The van der Waals surface area contributed by atoms with Gasteiger partial charge in [-0.3, -0.25) is 0 Å². The zero-order valence-electron chi connectivity index (χ0n) is 10.6. The summed E-state index contributed by atoms with van der Waals surface area (Å²) in [6, 6.07) is 5.19. The van der Waals surface area contributed by atoms with Gasteiger partial charge in [-0.2, -0.15) is 0 Å². The van der Waals surface area contributed by atoms with Crippen molar-refractivity contribution in [1.82, 2.24) is 0 Å². The van der Waals surface area contributed by atoms with Gasteiger partial charge in [0.2, 0.25) is 0 Å². The maximum Gasteiger partial charge on any atom is 0.345 e. The molecule has 0 amide bonds. The summed E-state index contributed by atoms with van der Waals surface area (Å²) < 4.78 is 29.8. The summed E-state index contributed by atoms with van der Waals surface area (Å²) >= 11 is 1.18. The van der Waals surface area contributed by atoms with Crippen LogP contribution in [0.5, 0.6) is 0 Å². The topological polar surface area (TPSA) is 80.7 Å². The first-order valence-corrected chi connectivity index (χ1v) is 8.69. The molecule has 2 heterocycles. The van der Waals surface area contributed by atoms with E-state index in [2.05, 4.69) is 0 Å². The molecule has 2 aromatic rings. The lowest BCUT2D eigenvalue weighted by Crippen LogP contribution is -2.23. The van der Waals surface area contributed by atoms with Crippen LogP contribution in [0.3, 0.4) is 0 Å². The molecule has 1 aliphatic heterocycles. The van der Waals surface area contributed by atoms with Gasteiger partial charge in [0.15, 0.2) is 9.84 Å². The number of ether oxygens (including phenoxy) is 1. The van der Waals surface area contributed by atoms with E-state index in [0.717, 1.165) is 21.2 Å². The first kappa shape index (κ1) is 13.5. The van der Waals surface area contributed by atoms with E-state index in [4.69, 9.17) is 9.84 Å². The summed E-state index contributed by atoms with van der Waals surface area (Å²) in [4.78, 5) is 11.3. The normalized spacial score (nSPS) is 18.9. The SMILES string of the molecule is CS(=O)(=O)C1COCc2cc3sc(C(=O)O)cc3cc21. The van der Waals surface area contributed by atoms with Gasteiger partial charge in [-0.1, -0.05) is 0 Å². The second kappa shape index (κ2) is 4.54. The maximum atomic E-state index is 11.8. The number of carboxylic acid groups (broad SMARTS) is 1. The van der Waals surface area contributed by atoms with Crippen LogP contribution in [0, 0.1) is 0 Å². The molecule has 0 fully saturated rings. The van der Waals surface area contributed by atoms with Crippen molar-refractivity contribution < 1.29 is 23.1 Å². The van der Waals surface area contributed by atoms with Crippen molar-refractivity contribution in [1.29, 1.82) is 0 Å². The standard InChI is InChI=1S/C13H12O5S2/c1-20(16,17)12-6-18-5-8-4-10-7(2-9(8)12)3-11(19-10)13(14)15/h2-4,12H,5-6H2,1H3,(H,14,15). The van der Waals surface area contributed by atoms with Gasteiger partial charge < -0.3 is 9.84 Å². The average molecular weight is 312 g/mol. The third-order valence-electron chi connectivity index (χ3n) is 3.38. The predicted octanol–water partition coefficient (Wildman–Crippen LogP) is 2.22. The molecule has 0 radical (unpaired) electrons. The summed E-state index contributed by atoms with van der Waals surface area (Å²) in [5.74, 6) is -0.972. The van der Waals surface area contributed by atoms with Crippen molar-refractivity contribution in [2.75, 3.05) is 12.9 Å². The first-order chi connectivity index (χ1) is 9.36. The van der Waals surface area contributed by atoms with E-state index >= 15 is 0 Å². The second-order valence-electron chi connectivity index (χ2n) is 4.84. The van der Waals surface area contributed by atoms with E-state index in [9.17, 15) is 13.2 Å². The second-order valence-corrected chi connectivity index (χ2v) is 8.15. The molecule has 0 spiro atoms. The molecular formula is C13H12O5S2. The van der Waals surface area contributed by atoms with Crippen LogP contribution in [0.15, 0.2) is 18.2 Å². The molecule has 20 heavy (non-hydrogen) atoms. The van der Waals surface area contributed by atoms with E-state index in [1.165, 1.54) is 17.6 Å². The van der Waals surface area contributed by atoms with E-state index in [1.807, 2.05) is 6.07 Å². The van der Waals surface area contributed by atoms with Gasteiger partial charge in [-0.25, -0.2) is 13.2 Å². The molecule has 0 saturated heterocycles. The zero-order valence-corrected chi connectivity index (χ0v) is 12.3. The van der Waals surface area contributed by atoms with Crippen LogP contribution in [-0.2, 0) is 21.2 Å². The van der Waals surface area contributed by atoms with Gasteiger partial charge in [0, 0.05) is 11.0 Å². The van der Waals surface area contributed by atoms with E-state index in [0.29, 0.717) is 6.61 Å². The molecule has 7 heteroatoms. The van der Waals surface area contributed by atoms with Gasteiger partial charge in [-0.05, 0) is 34.7 Å². The Bertz CT molecular complexity index is 804. The number of benzene rings is 1. The highest BCUT2D eigenvalue weighted by atomic mass is 32.2. The number of thiophene rings is 1. The molecule has 3 rings (SSSR count). The largest absolute Gasteiger partial charge is 0.477 e. The number of hydrogen-bond donors (Lipinski definition) is 1. The van der Waals surface area contributed by atoms with Gasteiger partial charge in [-0.15, -0.1) is 11.3 Å². The lowest BCUT2D eigenvalue weighted by atomic mass is 10.0. The molecule has 1 N–H and O–H groups in total. The Morgan fingerprint density at radius 3 is 2.80 bits per heavy atom. The van der Waals surface area contributed by atoms with Crippen molar-refractivity contribution in [3.05, 3.63) is 34.2 Å². The summed E-state index contributed by atoms with van der Waals surface area (Å²) in [6.07, 6.45) is 1.19. The van der Waals surface area contributed by atoms with Crippen molar-refractivity contribution in [3.8, 4) is 0 Å². The minimum Gasteiger partial charge on any atom is -0.477 e. The van der Waals surface area contributed by atoms with Crippen LogP contribution in [0.1, 0.15) is 26.0 Å². The number of carboxylic acids is 1. The van der Waals surface area contributed by atoms with Crippen molar-refractivity contribution >= 4 is 37.2 Å². The number of sulfone groups is 1. The van der Waals surface area contributed by atoms with Crippen molar-refractivity contribution in [2.45, 2.75) is 11.9 Å². The number of hydrogen-bond acceptors (Lipinski definition) is 5. The van der Waals surface area contributed by atoms with Crippen LogP contribution in [-0.4, -0.2) is 32.4 Å². The smallest absolute Gasteiger partial charge is 0.345 e. The third-order valence-corrected chi connectivity index (χ3v) is 5.89. The number of fused-ring (bicyclic) bond motifs is 2. The molecular weight excluding hydrogens is 300 g/mol. The fraction of sp³-hybridized carbons (Fsp3) is 0.308. The summed E-state index contributed by atoms with van der Waals surface area (Å²) in [5.41, 5.74) is 1.54. The first-order valence-electron chi connectivity index (χ1n) is 5.92. The van der Waals surface area contributed by atoms with Gasteiger partial charge in [0.1, 0.15) is 10.1 Å². The highest BCUT2D eigenvalue weighted by Crippen LogP contribution is 2.36. The average Bonchev–Trinajstić information content (AvgIpc) is 2.76. The molecule has 1 aromatic heterocycles. The van der Waals surface area contributed by atoms with E-state index in [1.54, 1.807) is 12.1 Å². The Labute approximate surface area is 119 Å².